The standard InChI is InChI=1S/C18H18N2O5/c21-17-6-4-14(20(17)10-13-2-1-7-23-13)18(22)19-9-12-3-5-15-16(8-12)25-11-24-15/h1-3,5,7-8,14H,4,6,9-11H2,(H,19,22). The Hall–Kier alpha value is -2.96. The molecule has 1 saturated heterocycles. The molecule has 25 heavy (non-hydrogen) atoms. The molecule has 3 heterocycles. The molecular weight excluding hydrogens is 324 g/mol. The quantitative estimate of drug-likeness (QED) is 0.896. The van der Waals surface area contributed by atoms with Crippen molar-refractivity contribution in [2.24, 2.45) is 0 Å². The van der Waals surface area contributed by atoms with E-state index in [1.807, 2.05) is 18.2 Å². The van der Waals surface area contributed by atoms with Crippen LogP contribution in [0.3, 0.4) is 0 Å². The first kappa shape index (κ1) is 15.6. The zero-order valence-electron chi connectivity index (χ0n) is 13.6. The van der Waals surface area contributed by atoms with Crippen molar-refractivity contribution in [3.05, 3.63) is 47.9 Å². The lowest BCUT2D eigenvalue weighted by Crippen LogP contribution is -2.44. The average molecular weight is 342 g/mol. The van der Waals surface area contributed by atoms with Crippen LogP contribution in [0.25, 0.3) is 0 Å². The van der Waals surface area contributed by atoms with Crippen molar-refractivity contribution in [3.8, 4) is 11.5 Å². The molecule has 1 N–H and O–H groups in total. The lowest BCUT2D eigenvalue weighted by molar-refractivity contribution is -0.136. The minimum absolute atomic E-state index is 0.0281. The highest BCUT2D eigenvalue weighted by Gasteiger charge is 2.36. The van der Waals surface area contributed by atoms with Crippen LogP contribution in [0.15, 0.2) is 41.0 Å². The van der Waals surface area contributed by atoms with E-state index in [0.717, 1.165) is 5.56 Å². The first-order chi connectivity index (χ1) is 12.2. The molecule has 2 aliphatic rings. The fourth-order valence-corrected chi connectivity index (χ4v) is 3.13. The maximum atomic E-state index is 12.5. The van der Waals surface area contributed by atoms with Gasteiger partial charge in [-0.2, -0.15) is 0 Å². The number of furan rings is 1. The minimum atomic E-state index is -0.466. The van der Waals surface area contributed by atoms with Gasteiger partial charge in [0, 0.05) is 13.0 Å². The first-order valence-electron chi connectivity index (χ1n) is 8.19. The van der Waals surface area contributed by atoms with Gasteiger partial charge in [0.15, 0.2) is 11.5 Å². The molecule has 1 fully saturated rings. The average Bonchev–Trinajstić information content (AvgIpc) is 3.35. The number of carbonyl (C=O) groups is 2. The smallest absolute Gasteiger partial charge is 0.243 e. The van der Waals surface area contributed by atoms with Crippen molar-refractivity contribution in [2.45, 2.75) is 32.0 Å². The number of benzene rings is 1. The summed E-state index contributed by atoms with van der Waals surface area (Å²) in [5.74, 6) is 1.88. The van der Waals surface area contributed by atoms with Gasteiger partial charge in [0.05, 0.1) is 12.8 Å². The van der Waals surface area contributed by atoms with E-state index in [2.05, 4.69) is 5.32 Å². The second kappa shape index (κ2) is 6.51. The molecule has 1 atom stereocenters. The molecule has 7 heteroatoms. The minimum Gasteiger partial charge on any atom is -0.467 e. The third kappa shape index (κ3) is 3.17. The van der Waals surface area contributed by atoms with Crippen molar-refractivity contribution in [1.82, 2.24) is 10.2 Å². The van der Waals surface area contributed by atoms with E-state index in [0.29, 0.717) is 43.2 Å². The SMILES string of the molecule is O=C(NCc1ccc2c(c1)OCO2)C1CCC(=O)N1Cc1ccco1. The van der Waals surface area contributed by atoms with E-state index >= 15 is 0 Å². The molecule has 0 spiro atoms. The summed E-state index contributed by atoms with van der Waals surface area (Å²) in [6.07, 6.45) is 2.46. The lowest BCUT2D eigenvalue weighted by Gasteiger charge is -2.23. The Labute approximate surface area is 144 Å². The number of amides is 2. The predicted octanol–water partition coefficient (Wildman–Crippen LogP) is 1.82. The number of nitrogens with zero attached hydrogens (tertiary/aromatic N) is 1. The molecule has 4 rings (SSSR count). The van der Waals surface area contributed by atoms with Gasteiger partial charge in [0.1, 0.15) is 11.8 Å². The van der Waals surface area contributed by atoms with Crippen molar-refractivity contribution in [1.29, 1.82) is 0 Å². The molecule has 2 amide bonds. The van der Waals surface area contributed by atoms with Gasteiger partial charge in [0.25, 0.3) is 0 Å². The Kier molecular flexibility index (Phi) is 4.05. The third-order valence-electron chi connectivity index (χ3n) is 4.44. The van der Waals surface area contributed by atoms with Crippen molar-refractivity contribution in [2.75, 3.05) is 6.79 Å². The van der Waals surface area contributed by atoms with Crippen molar-refractivity contribution < 1.29 is 23.5 Å². The number of hydrogen-bond acceptors (Lipinski definition) is 5. The van der Waals surface area contributed by atoms with Gasteiger partial charge in [-0.05, 0) is 36.2 Å². The molecule has 0 aliphatic carbocycles. The second-order valence-corrected chi connectivity index (χ2v) is 6.06. The van der Waals surface area contributed by atoms with Gasteiger partial charge in [0.2, 0.25) is 18.6 Å². The molecule has 1 aromatic heterocycles. The van der Waals surface area contributed by atoms with Crippen LogP contribution in [-0.4, -0.2) is 29.5 Å². The number of ether oxygens (including phenoxy) is 2. The maximum Gasteiger partial charge on any atom is 0.243 e. The van der Waals surface area contributed by atoms with Gasteiger partial charge in [-0.1, -0.05) is 6.07 Å². The monoisotopic (exact) mass is 342 g/mol. The summed E-state index contributed by atoms with van der Waals surface area (Å²) in [7, 11) is 0. The van der Waals surface area contributed by atoms with Crippen LogP contribution in [0.5, 0.6) is 11.5 Å². The number of hydrogen-bond donors (Lipinski definition) is 1. The molecule has 1 unspecified atom stereocenters. The Morgan fingerprint density at radius 2 is 2.12 bits per heavy atom. The highest BCUT2D eigenvalue weighted by molar-refractivity contribution is 5.90. The van der Waals surface area contributed by atoms with Crippen LogP contribution in [-0.2, 0) is 22.7 Å². The zero-order chi connectivity index (χ0) is 17.2. The summed E-state index contributed by atoms with van der Waals surface area (Å²) in [5, 5.41) is 2.90. The number of rotatable bonds is 5. The van der Waals surface area contributed by atoms with E-state index in [4.69, 9.17) is 13.9 Å². The highest BCUT2D eigenvalue weighted by atomic mass is 16.7. The summed E-state index contributed by atoms with van der Waals surface area (Å²) in [6.45, 7) is 0.903. The number of likely N-dealkylation sites (tertiary alicyclic amines) is 1. The van der Waals surface area contributed by atoms with Gasteiger partial charge < -0.3 is 24.1 Å². The van der Waals surface area contributed by atoms with Gasteiger partial charge in [-0.25, -0.2) is 0 Å². The molecule has 2 aliphatic heterocycles. The molecular formula is C18H18N2O5. The Bertz CT molecular complexity index is 787. The summed E-state index contributed by atoms with van der Waals surface area (Å²) in [6, 6.07) is 8.66. The molecule has 0 bridgehead atoms. The molecule has 0 radical (unpaired) electrons. The van der Waals surface area contributed by atoms with Crippen LogP contribution in [0.2, 0.25) is 0 Å². The second-order valence-electron chi connectivity index (χ2n) is 6.06. The largest absolute Gasteiger partial charge is 0.467 e. The molecule has 7 nitrogen and oxygen atoms in total. The van der Waals surface area contributed by atoms with Crippen molar-refractivity contribution in [3.63, 3.8) is 0 Å². The van der Waals surface area contributed by atoms with E-state index in [1.165, 1.54) is 0 Å². The number of carbonyl (C=O) groups excluding carboxylic acids is 2. The Morgan fingerprint density at radius 3 is 2.96 bits per heavy atom. The maximum absolute atomic E-state index is 12.5. The van der Waals surface area contributed by atoms with Gasteiger partial charge in [-0.15, -0.1) is 0 Å². The zero-order valence-corrected chi connectivity index (χ0v) is 13.6. The van der Waals surface area contributed by atoms with Crippen LogP contribution >= 0.6 is 0 Å². The first-order valence-corrected chi connectivity index (χ1v) is 8.19. The molecule has 0 saturated carbocycles. The summed E-state index contributed by atoms with van der Waals surface area (Å²) in [5.41, 5.74) is 0.916. The fourth-order valence-electron chi connectivity index (χ4n) is 3.13. The van der Waals surface area contributed by atoms with E-state index in [1.54, 1.807) is 23.3 Å². The van der Waals surface area contributed by atoms with Crippen molar-refractivity contribution >= 4 is 11.8 Å². The lowest BCUT2D eigenvalue weighted by atomic mass is 10.1. The van der Waals surface area contributed by atoms with E-state index < -0.39 is 6.04 Å². The normalized spacial score (nSPS) is 18.6. The highest BCUT2D eigenvalue weighted by Crippen LogP contribution is 2.32. The number of fused-ring (bicyclic) bond motifs is 1. The summed E-state index contributed by atoms with van der Waals surface area (Å²) < 4.78 is 15.9. The van der Waals surface area contributed by atoms with Gasteiger partial charge in [-0.3, -0.25) is 9.59 Å². The topological polar surface area (TPSA) is 81.0 Å². The summed E-state index contributed by atoms with van der Waals surface area (Å²) in [4.78, 5) is 26.2. The number of nitrogens with one attached hydrogen (secondary N) is 1. The van der Waals surface area contributed by atoms with Crippen LogP contribution in [0.1, 0.15) is 24.2 Å². The third-order valence-corrected chi connectivity index (χ3v) is 4.44. The predicted molar refractivity (Wildman–Crippen MR) is 86.7 cm³/mol. The van der Waals surface area contributed by atoms with Crippen LogP contribution in [0.4, 0.5) is 0 Å². The Balaban J connectivity index is 1.39. The Morgan fingerprint density at radius 1 is 1.24 bits per heavy atom. The molecule has 2 aromatic rings. The molecule has 130 valence electrons. The fraction of sp³-hybridized carbons (Fsp3) is 0.333. The molecule has 1 aromatic carbocycles. The summed E-state index contributed by atoms with van der Waals surface area (Å²) >= 11 is 0. The van der Waals surface area contributed by atoms with E-state index in [-0.39, 0.29) is 18.6 Å². The van der Waals surface area contributed by atoms with Crippen LogP contribution in [0, 0.1) is 0 Å². The van der Waals surface area contributed by atoms with E-state index in [9.17, 15) is 9.59 Å². The van der Waals surface area contributed by atoms with Crippen LogP contribution < -0.4 is 14.8 Å². The van der Waals surface area contributed by atoms with Gasteiger partial charge >= 0.3 is 0 Å².